The van der Waals surface area contributed by atoms with E-state index in [0.717, 1.165) is 0 Å². The molecule has 0 fully saturated rings. The highest BCUT2D eigenvalue weighted by Gasteiger charge is 2.13. The topological polar surface area (TPSA) is 90.1 Å². The number of hydrogen-bond acceptors (Lipinski definition) is 7. The van der Waals surface area contributed by atoms with Crippen LogP contribution < -0.4 is 5.32 Å². The molecule has 0 aliphatic carbocycles. The summed E-state index contributed by atoms with van der Waals surface area (Å²) >= 11 is 0. The van der Waals surface area contributed by atoms with Gasteiger partial charge in [-0.25, -0.2) is 9.97 Å². The quantitative estimate of drug-likeness (QED) is 0.815. The fraction of sp³-hybridized carbons (Fsp3) is 0.455. The number of anilines is 1. The molecule has 0 aromatic carbocycles. The van der Waals surface area contributed by atoms with E-state index >= 15 is 0 Å². The first-order valence-corrected chi connectivity index (χ1v) is 5.61. The molecule has 7 nitrogen and oxygen atoms in total. The fourth-order valence-electron chi connectivity index (χ4n) is 1.52. The van der Waals surface area contributed by atoms with Crippen LogP contribution in [0.2, 0.25) is 0 Å². The monoisotopic (exact) mass is 250 g/mol. The number of rotatable bonds is 4. The number of nitrogens with zero attached hydrogens (tertiary/aromatic N) is 3. The number of aromatic nitrogens is 3. The van der Waals surface area contributed by atoms with E-state index in [4.69, 9.17) is 9.15 Å². The van der Waals surface area contributed by atoms with Crippen molar-refractivity contribution in [2.45, 2.75) is 20.8 Å². The van der Waals surface area contributed by atoms with Gasteiger partial charge >= 0.3 is 5.97 Å². The van der Waals surface area contributed by atoms with Gasteiger partial charge < -0.3 is 14.5 Å². The van der Waals surface area contributed by atoms with E-state index in [0.29, 0.717) is 35.4 Å². The number of hydrogen-bond donors (Lipinski definition) is 1. The molecule has 0 unspecified atom stereocenters. The second-order valence-electron chi connectivity index (χ2n) is 3.66. The third kappa shape index (κ3) is 2.55. The second-order valence-corrected chi connectivity index (χ2v) is 3.66. The van der Waals surface area contributed by atoms with Crippen LogP contribution in [-0.4, -0.2) is 34.1 Å². The largest absolute Gasteiger partial charge is 0.465 e. The Morgan fingerprint density at radius 2 is 2.11 bits per heavy atom. The number of carbonyl (C=O) groups is 1. The first-order chi connectivity index (χ1) is 8.60. The van der Waals surface area contributed by atoms with Gasteiger partial charge in [-0.1, -0.05) is 0 Å². The summed E-state index contributed by atoms with van der Waals surface area (Å²) in [6.45, 7) is 5.61. The van der Waals surface area contributed by atoms with Gasteiger partial charge in [-0.2, -0.15) is 4.98 Å². The zero-order chi connectivity index (χ0) is 13.1. The molecular weight excluding hydrogens is 236 g/mol. The number of fused-ring (bicyclic) bond motifs is 1. The summed E-state index contributed by atoms with van der Waals surface area (Å²) in [5.74, 6) is 1.18. The van der Waals surface area contributed by atoms with Crippen molar-refractivity contribution in [2.75, 3.05) is 18.5 Å². The van der Waals surface area contributed by atoms with Gasteiger partial charge in [-0.05, 0) is 13.8 Å². The third-order valence-electron chi connectivity index (χ3n) is 2.18. The summed E-state index contributed by atoms with van der Waals surface area (Å²) in [6.07, 6.45) is 0. The standard InChI is InChI=1S/C11H14N4O3/c1-4-17-8(16)5-12-10-9-11(14-6(2)13-10)18-7(3)15-9/h4-5H2,1-3H3,(H,12,13,14). The number of esters is 1. The van der Waals surface area contributed by atoms with E-state index in [1.54, 1.807) is 20.8 Å². The molecule has 0 spiro atoms. The first-order valence-electron chi connectivity index (χ1n) is 5.61. The summed E-state index contributed by atoms with van der Waals surface area (Å²) in [4.78, 5) is 23.8. The molecule has 0 amide bonds. The van der Waals surface area contributed by atoms with Crippen LogP contribution in [0.25, 0.3) is 11.2 Å². The summed E-state index contributed by atoms with van der Waals surface area (Å²) in [7, 11) is 0. The minimum absolute atomic E-state index is 0.0330. The van der Waals surface area contributed by atoms with Crippen molar-refractivity contribution in [1.82, 2.24) is 15.0 Å². The van der Waals surface area contributed by atoms with Gasteiger partial charge in [0.25, 0.3) is 5.71 Å². The molecule has 0 saturated carbocycles. The summed E-state index contributed by atoms with van der Waals surface area (Å²) < 4.78 is 10.1. The molecule has 2 aromatic heterocycles. The van der Waals surface area contributed by atoms with Crippen LogP contribution in [-0.2, 0) is 9.53 Å². The average Bonchev–Trinajstić information content (AvgIpc) is 2.66. The number of oxazole rings is 1. The van der Waals surface area contributed by atoms with E-state index in [1.807, 2.05) is 0 Å². The zero-order valence-corrected chi connectivity index (χ0v) is 10.5. The summed E-state index contributed by atoms with van der Waals surface area (Å²) in [6, 6.07) is 0. The lowest BCUT2D eigenvalue weighted by atomic mass is 10.4. The van der Waals surface area contributed by atoms with E-state index in [1.165, 1.54) is 0 Å². The maximum Gasteiger partial charge on any atom is 0.325 e. The Hall–Kier alpha value is -2.18. The van der Waals surface area contributed by atoms with E-state index in [2.05, 4.69) is 20.3 Å². The SMILES string of the molecule is CCOC(=O)CNc1nc(C)nc2oc(C)nc12. The summed E-state index contributed by atoms with van der Waals surface area (Å²) in [5.41, 5.74) is 0.925. The molecule has 0 aliphatic rings. The molecule has 7 heteroatoms. The van der Waals surface area contributed by atoms with Gasteiger partial charge in [0.2, 0.25) is 0 Å². The van der Waals surface area contributed by atoms with Gasteiger partial charge in [-0.15, -0.1) is 0 Å². The lowest BCUT2D eigenvalue weighted by molar-refractivity contribution is -0.140. The predicted molar refractivity (Wildman–Crippen MR) is 64.2 cm³/mol. The molecule has 18 heavy (non-hydrogen) atoms. The maximum absolute atomic E-state index is 11.3. The van der Waals surface area contributed by atoms with Crippen molar-refractivity contribution >= 4 is 23.0 Å². The third-order valence-corrected chi connectivity index (χ3v) is 2.18. The molecule has 0 aliphatic heterocycles. The van der Waals surface area contributed by atoms with Crippen molar-refractivity contribution in [3.8, 4) is 0 Å². The Labute approximate surface area is 104 Å². The first kappa shape index (κ1) is 12.3. The Morgan fingerprint density at radius 1 is 1.33 bits per heavy atom. The van der Waals surface area contributed by atoms with E-state index in [-0.39, 0.29) is 12.5 Å². The smallest absolute Gasteiger partial charge is 0.325 e. The van der Waals surface area contributed by atoms with Crippen molar-refractivity contribution in [3.05, 3.63) is 11.7 Å². The molecular formula is C11H14N4O3. The molecule has 2 heterocycles. The lowest BCUT2D eigenvalue weighted by Crippen LogP contribution is -2.17. The molecule has 0 radical (unpaired) electrons. The Bertz CT molecular complexity index is 579. The van der Waals surface area contributed by atoms with Crippen molar-refractivity contribution in [1.29, 1.82) is 0 Å². The highest BCUT2D eigenvalue weighted by Crippen LogP contribution is 2.20. The molecule has 1 N–H and O–H groups in total. The van der Waals surface area contributed by atoms with Gasteiger partial charge in [0, 0.05) is 6.92 Å². The Balaban J connectivity index is 2.24. The summed E-state index contributed by atoms with van der Waals surface area (Å²) in [5, 5.41) is 2.88. The molecule has 0 atom stereocenters. The molecule has 0 bridgehead atoms. The van der Waals surface area contributed by atoms with Crippen LogP contribution in [0.15, 0.2) is 4.42 Å². The lowest BCUT2D eigenvalue weighted by Gasteiger charge is -2.05. The van der Waals surface area contributed by atoms with Crippen LogP contribution >= 0.6 is 0 Å². The minimum Gasteiger partial charge on any atom is -0.465 e. The minimum atomic E-state index is -0.345. The van der Waals surface area contributed by atoms with Crippen LogP contribution in [0.1, 0.15) is 18.6 Å². The zero-order valence-electron chi connectivity index (χ0n) is 10.5. The normalized spacial score (nSPS) is 10.6. The molecule has 2 aromatic rings. The van der Waals surface area contributed by atoms with Crippen LogP contribution in [0.3, 0.4) is 0 Å². The van der Waals surface area contributed by atoms with Gasteiger partial charge in [-0.3, -0.25) is 4.79 Å². The van der Waals surface area contributed by atoms with E-state index in [9.17, 15) is 4.79 Å². The highest BCUT2D eigenvalue weighted by molar-refractivity contribution is 5.84. The van der Waals surface area contributed by atoms with Crippen molar-refractivity contribution in [3.63, 3.8) is 0 Å². The number of ether oxygens (including phenoxy) is 1. The van der Waals surface area contributed by atoms with Crippen LogP contribution in [0.4, 0.5) is 5.82 Å². The molecule has 96 valence electrons. The Morgan fingerprint density at radius 3 is 2.83 bits per heavy atom. The number of aryl methyl sites for hydroxylation is 2. The van der Waals surface area contributed by atoms with Gasteiger partial charge in [0.15, 0.2) is 17.2 Å². The van der Waals surface area contributed by atoms with Gasteiger partial charge in [0.05, 0.1) is 6.61 Å². The van der Waals surface area contributed by atoms with E-state index < -0.39 is 0 Å². The second kappa shape index (κ2) is 4.99. The molecule has 0 saturated heterocycles. The number of carbonyl (C=O) groups excluding carboxylic acids is 1. The van der Waals surface area contributed by atoms with Crippen molar-refractivity contribution in [2.24, 2.45) is 0 Å². The molecule has 2 rings (SSSR count). The van der Waals surface area contributed by atoms with Crippen LogP contribution in [0, 0.1) is 13.8 Å². The average molecular weight is 250 g/mol. The maximum atomic E-state index is 11.3. The predicted octanol–water partition coefficient (Wildman–Crippen LogP) is 1.21. The fourth-order valence-corrected chi connectivity index (χ4v) is 1.52. The Kier molecular flexibility index (Phi) is 3.40. The highest BCUT2D eigenvalue weighted by atomic mass is 16.5. The number of nitrogens with one attached hydrogen (secondary N) is 1. The van der Waals surface area contributed by atoms with Crippen LogP contribution in [0.5, 0.6) is 0 Å². The van der Waals surface area contributed by atoms with Gasteiger partial charge in [0.1, 0.15) is 12.4 Å². The van der Waals surface area contributed by atoms with Crippen molar-refractivity contribution < 1.29 is 13.9 Å².